The van der Waals surface area contributed by atoms with Crippen LogP contribution in [0.2, 0.25) is 4.37 Å². The van der Waals surface area contributed by atoms with Crippen molar-refractivity contribution in [3.8, 4) is 0 Å². The second-order valence-electron chi connectivity index (χ2n) is 3.42. The Morgan fingerprint density at radius 3 is 1.47 bits per heavy atom. The van der Waals surface area contributed by atoms with Crippen LogP contribution in [0.15, 0.2) is 60.7 Å². The molecular formula is C14H15Sb. The normalized spacial score (nSPS) is 10.5. The summed E-state index contributed by atoms with van der Waals surface area (Å²) < 4.78 is 4.51. The van der Waals surface area contributed by atoms with E-state index in [2.05, 4.69) is 67.6 Å². The van der Waals surface area contributed by atoms with E-state index in [0.717, 1.165) is 0 Å². The van der Waals surface area contributed by atoms with E-state index in [1.807, 2.05) is 0 Å². The molecule has 0 spiro atoms. The molecule has 0 saturated heterocycles. The molecule has 1 heteroatoms. The molecule has 0 nitrogen and oxygen atoms in total. The van der Waals surface area contributed by atoms with Crippen LogP contribution in [0.3, 0.4) is 0 Å². The molecule has 0 aliphatic carbocycles. The van der Waals surface area contributed by atoms with Gasteiger partial charge in [-0.15, -0.1) is 0 Å². The van der Waals surface area contributed by atoms with Crippen molar-refractivity contribution in [1.82, 2.24) is 0 Å². The molecule has 2 aromatic carbocycles. The van der Waals surface area contributed by atoms with Crippen LogP contribution in [0, 0.1) is 0 Å². The summed E-state index contributed by atoms with van der Waals surface area (Å²) in [6.45, 7) is 2.32. The first-order valence-corrected chi connectivity index (χ1v) is 9.65. The van der Waals surface area contributed by atoms with E-state index < -0.39 is 20.2 Å². The zero-order chi connectivity index (χ0) is 10.5. The van der Waals surface area contributed by atoms with Crippen LogP contribution < -0.4 is 7.02 Å². The van der Waals surface area contributed by atoms with Crippen LogP contribution in [0.5, 0.6) is 0 Å². The van der Waals surface area contributed by atoms with Gasteiger partial charge in [-0.2, -0.15) is 0 Å². The molecule has 0 aliphatic rings. The monoisotopic (exact) mass is 304 g/mol. The van der Waals surface area contributed by atoms with Gasteiger partial charge in [0.05, 0.1) is 0 Å². The van der Waals surface area contributed by atoms with E-state index >= 15 is 0 Å². The third-order valence-corrected chi connectivity index (χ3v) is 9.52. The molecule has 0 aliphatic heterocycles. The molecule has 0 radical (unpaired) electrons. The van der Waals surface area contributed by atoms with Crippen LogP contribution in [0.1, 0.15) is 6.92 Å². The first kappa shape index (κ1) is 10.8. The molecular weight excluding hydrogens is 290 g/mol. The Balaban J connectivity index is 2.34. The van der Waals surface area contributed by atoms with Crippen molar-refractivity contribution in [3.05, 3.63) is 60.7 Å². The van der Waals surface area contributed by atoms with Crippen LogP contribution >= 0.6 is 0 Å². The van der Waals surface area contributed by atoms with Gasteiger partial charge in [-0.25, -0.2) is 0 Å². The summed E-state index contributed by atoms with van der Waals surface area (Å²) in [6, 6.07) is 22.0. The van der Waals surface area contributed by atoms with Gasteiger partial charge in [0.15, 0.2) is 0 Å². The number of benzene rings is 2. The first-order chi connectivity index (χ1) is 7.42. The molecule has 0 bridgehead atoms. The zero-order valence-corrected chi connectivity index (χ0v) is 11.5. The third kappa shape index (κ3) is 2.63. The van der Waals surface area contributed by atoms with E-state index in [9.17, 15) is 0 Å². The van der Waals surface area contributed by atoms with Gasteiger partial charge in [-0.1, -0.05) is 0 Å². The second-order valence-corrected chi connectivity index (χ2v) is 10.6. The molecule has 76 valence electrons. The van der Waals surface area contributed by atoms with Crippen molar-refractivity contribution in [2.24, 2.45) is 0 Å². The summed E-state index contributed by atoms with van der Waals surface area (Å²) in [6.07, 6.45) is 0. The molecule has 0 saturated carbocycles. The predicted octanol–water partition coefficient (Wildman–Crippen LogP) is 2.32. The molecule has 0 heterocycles. The Morgan fingerprint density at radius 2 is 1.13 bits per heavy atom. The van der Waals surface area contributed by atoms with Gasteiger partial charge < -0.3 is 0 Å². The Kier molecular flexibility index (Phi) is 3.86. The summed E-state index contributed by atoms with van der Waals surface area (Å²) in [5.74, 6) is 0. The molecule has 0 atom stereocenters. The van der Waals surface area contributed by atoms with Gasteiger partial charge in [0, 0.05) is 0 Å². The number of rotatable bonds is 3. The Bertz CT molecular complexity index is 355. The molecule has 0 aromatic heterocycles. The molecule has 2 aromatic rings. The average molecular weight is 305 g/mol. The molecule has 2 rings (SSSR count). The van der Waals surface area contributed by atoms with E-state index in [1.165, 1.54) is 4.37 Å². The fourth-order valence-corrected chi connectivity index (χ4v) is 7.70. The molecule has 15 heavy (non-hydrogen) atoms. The van der Waals surface area contributed by atoms with E-state index in [-0.39, 0.29) is 0 Å². The fraction of sp³-hybridized carbons (Fsp3) is 0.143. The first-order valence-electron chi connectivity index (χ1n) is 5.29. The van der Waals surface area contributed by atoms with Crippen molar-refractivity contribution in [1.29, 1.82) is 0 Å². The van der Waals surface area contributed by atoms with Crippen molar-refractivity contribution < 1.29 is 0 Å². The van der Waals surface area contributed by atoms with Crippen molar-refractivity contribution >= 4 is 27.2 Å². The summed E-state index contributed by atoms with van der Waals surface area (Å²) >= 11 is -1.40. The minimum atomic E-state index is -1.40. The van der Waals surface area contributed by atoms with E-state index in [1.54, 1.807) is 7.02 Å². The van der Waals surface area contributed by atoms with Gasteiger partial charge in [0.2, 0.25) is 0 Å². The number of hydrogen-bond acceptors (Lipinski definition) is 0. The molecule has 0 unspecified atom stereocenters. The van der Waals surface area contributed by atoms with Gasteiger partial charge in [0.1, 0.15) is 0 Å². The Labute approximate surface area is 98.9 Å². The van der Waals surface area contributed by atoms with Crippen molar-refractivity contribution in [2.75, 3.05) is 0 Å². The quantitative estimate of drug-likeness (QED) is 0.764. The van der Waals surface area contributed by atoms with Crippen LogP contribution in [0.25, 0.3) is 0 Å². The molecule has 0 N–H and O–H groups in total. The maximum atomic E-state index is 2.32. The van der Waals surface area contributed by atoms with E-state index in [4.69, 9.17) is 0 Å². The van der Waals surface area contributed by atoms with Gasteiger partial charge >= 0.3 is 99.2 Å². The van der Waals surface area contributed by atoms with Crippen LogP contribution in [0.4, 0.5) is 0 Å². The van der Waals surface area contributed by atoms with Gasteiger partial charge in [-0.3, -0.25) is 0 Å². The molecule has 0 fully saturated rings. The average Bonchev–Trinajstić information content (AvgIpc) is 2.33. The van der Waals surface area contributed by atoms with Gasteiger partial charge in [0.25, 0.3) is 0 Å². The standard InChI is InChI=1S/2C6H5.C2H5.Sb/c2*1-2-4-6-5-3-1;1-2;/h2*1-5H;1H2,2H3;. The zero-order valence-electron chi connectivity index (χ0n) is 8.93. The van der Waals surface area contributed by atoms with Crippen molar-refractivity contribution in [2.45, 2.75) is 11.3 Å². The van der Waals surface area contributed by atoms with Crippen molar-refractivity contribution in [3.63, 3.8) is 0 Å². The summed E-state index contributed by atoms with van der Waals surface area (Å²) in [5, 5.41) is 0. The SMILES string of the molecule is C[CH2][Sb]([c]1ccccc1)[c]1ccccc1. The maximum absolute atomic E-state index is 2.32. The summed E-state index contributed by atoms with van der Waals surface area (Å²) in [4.78, 5) is 0. The summed E-state index contributed by atoms with van der Waals surface area (Å²) in [5.41, 5.74) is 0. The Morgan fingerprint density at radius 1 is 0.733 bits per heavy atom. The van der Waals surface area contributed by atoms with E-state index in [0.29, 0.717) is 0 Å². The topological polar surface area (TPSA) is 0 Å². The fourth-order valence-electron chi connectivity index (χ4n) is 1.73. The van der Waals surface area contributed by atoms with Crippen LogP contribution in [-0.2, 0) is 0 Å². The second kappa shape index (κ2) is 5.37. The van der Waals surface area contributed by atoms with Gasteiger partial charge in [-0.05, 0) is 0 Å². The third-order valence-electron chi connectivity index (χ3n) is 2.45. The number of hydrogen-bond donors (Lipinski definition) is 0. The van der Waals surface area contributed by atoms with Crippen LogP contribution in [-0.4, -0.2) is 20.2 Å². The summed E-state index contributed by atoms with van der Waals surface area (Å²) in [7, 11) is 0. The minimum absolute atomic E-state index is 1.33. The predicted molar refractivity (Wildman–Crippen MR) is 68.4 cm³/mol. The molecule has 0 amide bonds. The Hall–Kier alpha value is -0.742.